The lowest BCUT2D eigenvalue weighted by Gasteiger charge is -2.27. The van der Waals surface area contributed by atoms with Gasteiger partial charge in [-0.3, -0.25) is 9.69 Å². The molecule has 3 aromatic carbocycles. The van der Waals surface area contributed by atoms with Gasteiger partial charge in [0.15, 0.2) is 0 Å². The monoisotopic (exact) mass is 544 g/mol. The number of ether oxygens (including phenoxy) is 3. The highest BCUT2D eigenvalue weighted by Crippen LogP contribution is 2.26. The number of aryl methyl sites for hydroxylation is 2. The molecule has 40 heavy (non-hydrogen) atoms. The van der Waals surface area contributed by atoms with Crippen molar-refractivity contribution in [1.82, 2.24) is 9.88 Å². The SMILES string of the molecule is COc1ccc(OC(=O)N(CC(=O)O)[C@H](C)c2ccc(OCCCc3nc(-c4ccccc4)oc3C)cc2)cc1. The van der Waals surface area contributed by atoms with Crippen molar-refractivity contribution >= 4 is 12.1 Å². The maximum absolute atomic E-state index is 12.9. The van der Waals surface area contributed by atoms with Crippen LogP contribution in [0.15, 0.2) is 83.3 Å². The zero-order valence-corrected chi connectivity index (χ0v) is 22.7. The highest BCUT2D eigenvalue weighted by molar-refractivity contribution is 5.78. The van der Waals surface area contributed by atoms with Gasteiger partial charge in [0.05, 0.1) is 25.5 Å². The van der Waals surface area contributed by atoms with Crippen LogP contribution in [-0.4, -0.2) is 47.3 Å². The third-order valence-electron chi connectivity index (χ3n) is 6.37. The van der Waals surface area contributed by atoms with Gasteiger partial charge in [-0.1, -0.05) is 30.3 Å². The Balaban J connectivity index is 1.31. The summed E-state index contributed by atoms with van der Waals surface area (Å²) in [6.45, 7) is 3.64. The number of nitrogens with zero attached hydrogens (tertiary/aromatic N) is 2. The van der Waals surface area contributed by atoms with Crippen LogP contribution < -0.4 is 14.2 Å². The number of carboxylic acids is 1. The van der Waals surface area contributed by atoms with Crippen LogP contribution in [0.5, 0.6) is 17.2 Å². The molecule has 0 aliphatic carbocycles. The minimum absolute atomic E-state index is 0.286. The third kappa shape index (κ3) is 7.41. The van der Waals surface area contributed by atoms with Gasteiger partial charge in [0, 0.05) is 5.56 Å². The molecule has 0 radical (unpaired) electrons. The van der Waals surface area contributed by atoms with Crippen molar-refractivity contribution in [1.29, 1.82) is 0 Å². The zero-order valence-electron chi connectivity index (χ0n) is 22.7. The van der Waals surface area contributed by atoms with E-state index in [4.69, 9.17) is 18.6 Å². The van der Waals surface area contributed by atoms with E-state index in [1.807, 2.05) is 49.4 Å². The third-order valence-corrected chi connectivity index (χ3v) is 6.37. The first-order valence-electron chi connectivity index (χ1n) is 12.9. The normalized spacial score (nSPS) is 11.5. The predicted molar refractivity (Wildman–Crippen MR) is 149 cm³/mol. The van der Waals surface area contributed by atoms with Crippen molar-refractivity contribution in [2.45, 2.75) is 32.7 Å². The molecule has 0 saturated carbocycles. The smallest absolute Gasteiger partial charge is 0.416 e. The molecule has 208 valence electrons. The highest BCUT2D eigenvalue weighted by Gasteiger charge is 2.26. The summed E-state index contributed by atoms with van der Waals surface area (Å²) in [6, 6.07) is 22.9. The molecule has 4 rings (SSSR count). The first-order chi connectivity index (χ1) is 19.3. The Morgan fingerprint density at radius 1 is 0.950 bits per heavy atom. The van der Waals surface area contributed by atoms with Crippen molar-refractivity contribution in [3.05, 3.63) is 95.9 Å². The fourth-order valence-electron chi connectivity index (χ4n) is 4.12. The number of aliphatic carboxylic acids is 1. The maximum atomic E-state index is 12.9. The Morgan fingerprint density at radius 3 is 2.25 bits per heavy atom. The van der Waals surface area contributed by atoms with Gasteiger partial charge in [-0.2, -0.15) is 0 Å². The van der Waals surface area contributed by atoms with Crippen LogP contribution in [0, 0.1) is 6.92 Å². The molecule has 0 bridgehead atoms. The number of benzene rings is 3. The molecular weight excluding hydrogens is 512 g/mol. The second-order valence-corrected chi connectivity index (χ2v) is 9.15. The average Bonchev–Trinajstić information content (AvgIpc) is 3.35. The Bertz CT molecular complexity index is 1400. The molecule has 0 fully saturated rings. The lowest BCUT2D eigenvalue weighted by Crippen LogP contribution is -2.39. The second-order valence-electron chi connectivity index (χ2n) is 9.15. The molecule has 9 heteroatoms. The summed E-state index contributed by atoms with van der Waals surface area (Å²) in [6.07, 6.45) is 0.708. The molecule has 1 amide bonds. The van der Waals surface area contributed by atoms with Crippen molar-refractivity contribution in [2.24, 2.45) is 0 Å². The van der Waals surface area contributed by atoms with E-state index in [1.54, 1.807) is 43.3 Å². The Morgan fingerprint density at radius 2 is 1.60 bits per heavy atom. The summed E-state index contributed by atoms with van der Waals surface area (Å²) in [7, 11) is 1.54. The van der Waals surface area contributed by atoms with Gasteiger partial charge < -0.3 is 23.7 Å². The molecule has 1 aromatic heterocycles. The van der Waals surface area contributed by atoms with E-state index in [2.05, 4.69) is 4.98 Å². The largest absolute Gasteiger partial charge is 0.497 e. The van der Waals surface area contributed by atoms with Crippen molar-refractivity contribution in [3.63, 3.8) is 0 Å². The number of carboxylic acid groups (broad SMARTS) is 1. The van der Waals surface area contributed by atoms with Gasteiger partial charge in [0.25, 0.3) is 0 Å². The van der Waals surface area contributed by atoms with Crippen LogP contribution in [0.1, 0.15) is 36.4 Å². The van der Waals surface area contributed by atoms with Gasteiger partial charge in [-0.05, 0) is 80.8 Å². The molecular formula is C31H32N2O7. The molecule has 9 nitrogen and oxygen atoms in total. The lowest BCUT2D eigenvalue weighted by molar-refractivity contribution is -0.138. The number of hydrogen-bond acceptors (Lipinski definition) is 7. The summed E-state index contributed by atoms with van der Waals surface area (Å²) in [5.74, 6) is 1.84. The fraction of sp³-hybridized carbons (Fsp3) is 0.258. The topological polar surface area (TPSA) is 111 Å². The average molecular weight is 545 g/mol. The van der Waals surface area contributed by atoms with Crippen LogP contribution >= 0.6 is 0 Å². The van der Waals surface area contributed by atoms with Gasteiger partial charge in [0.1, 0.15) is 29.6 Å². The Labute approximate surface area is 232 Å². The second kappa shape index (κ2) is 13.3. The molecule has 4 aromatic rings. The molecule has 0 aliphatic heterocycles. The van der Waals surface area contributed by atoms with Crippen LogP contribution in [0.3, 0.4) is 0 Å². The minimum atomic E-state index is -1.14. The summed E-state index contributed by atoms with van der Waals surface area (Å²) in [5, 5.41) is 9.39. The highest BCUT2D eigenvalue weighted by atomic mass is 16.6. The standard InChI is InChI=1S/C31H32N2O7/c1-21(33(20-29(34)35)31(36)40-27-17-15-25(37-3)16-18-27)23-11-13-26(14-12-23)38-19-7-10-28-22(2)39-30(32-28)24-8-5-4-6-9-24/h4-6,8-9,11-18,21H,7,10,19-20H2,1-3H3,(H,34,35)/t21-/m1/s1. The van der Waals surface area contributed by atoms with Crippen molar-refractivity contribution < 1.29 is 33.3 Å². The summed E-state index contributed by atoms with van der Waals surface area (Å²) in [4.78, 5) is 30.1. The molecule has 0 aliphatic rings. The maximum Gasteiger partial charge on any atom is 0.416 e. The first-order valence-corrected chi connectivity index (χ1v) is 12.9. The zero-order chi connectivity index (χ0) is 28.5. The van der Waals surface area contributed by atoms with E-state index in [0.29, 0.717) is 24.0 Å². The number of methoxy groups -OCH3 is 1. The Kier molecular flexibility index (Phi) is 9.40. The Hall–Kier alpha value is -4.79. The van der Waals surface area contributed by atoms with E-state index >= 15 is 0 Å². The van der Waals surface area contributed by atoms with Crippen molar-refractivity contribution in [2.75, 3.05) is 20.3 Å². The van der Waals surface area contributed by atoms with Crippen LogP contribution in [0.2, 0.25) is 0 Å². The van der Waals surface area contributed by atoms with Gasteiger partial charge in [0.2, 0.25) is 5.89 Å². The summed E-state index contributed by atoms with van der Waals surface area (Å²) < 4.78 is 22.2. The number of oxazole rings is 1. The fourth-order valence-corrected chi connectivity index (χ4v) is 4.12. The van der Waals surface area contributed by atoms with E-state index in [1.165, 1.54) is 7.11 Å². The van der Waals surface area contributed by atoms with Crippen molar-refractivity contribution in [3.8, 4) is 28.7 Å². The van der Waals surface area contributed by atoms with E-state index in [-0.39, 0.29) is 5.75 Å². The number of aromatic nitrogens is 1. The lowest BCUT2D eigenvalue weighted by atomic mass is 10.1. The quantitative estimate of drug-likeness (QED) is 0.206. The molecule has 1 heterocycles. The van der Waals surface area contributed by atoms with Gasteiger partial charge in [-0.15, -0.1) is 0 Å². The summed E-state index contributed by atoms with van der Waals surface area (Å²) in [5.41, 5.74) is 2.59. The molecule has 0 spiro atoms. The molecule has 0 unspecified atom stereocenters. The van der Waals surface area contributed by atoms with Crippen LogP contribution in [0.4, 0.5) is 4.79 Å². The predicted octanol–water partition coefficient (Wildman–Crippen LogP) is 6.32. The van der Waals surface area contributed by atoms with E-state index in [9.17, 15) is 14.7 Å². The molecule has 1 N–H and O–H groups in total. The molecule has 1 atom stereocenters. The number of carbonyl (C=O) groups is 2. The number of rotatable bonds is 12. The molecule has 0 saturated heterocycles. The van der Waals surface area contributed by atoms with Crippen LogP contribution in [0.25, 0.3) is 11.5 Å². The number of carbonyl (C=O) groups excluding carboxylic acids is 1. The first kappa shape index (κ1) is 28.2. The van der Waals surface area contributed by atoms with Crippen LogP contribution in [-0.2, 0) is 11.2 Å². The minimum Gasteiger partial charge on any atom is -0.497 e. The summed E-state index contributed by atoms with van der Waals surface area (Å²) >= 11 is 0. The number of hydrogen-bond donors (Lipinski definition) is 1. The number of amides is 1. The van der Waals surface area contributed by atoms with E-state index < -0.39 is 24.6 Å². The van der Waals surface area contributed by atoms with E-state index in [0.717, 1.165) is 40.3 Å². The van der Waals surface area contributed by atoms with Gasteiger partial charge >= 0.3 is 12.1 Å². The van der Waals surface area contributed by atoms with Gasteiger partial charge in [-0.25, -0.2) is 9.78 Å².